The maximum atomic E-state index is 13.1. The van der Waals surface area contributed by atoms with Crippen LogP contribution in [0.2, 0.25) is 0 Å². The number of carbonyl (C=O) groups is 3. The Morgan fingerprint density at radius 1 is 0.925 bits per heavy atom. The molecular weight excluding hydrogens is 510 g/mol. The van der Waals surface area contributed by atoms with E-state index in [-0.39, 0.29) is 48.6 Å². The number of urea groups is 1. The summed E-state index contributed by atoms with van der Waals surface area (Å²) in [5.41, 5.74) is -0.582. The van der Waals surface area contributed by atoms with E-state index in [4.69, 9.17) is 14.2 Å². The molecule has 0 aromatic carbocycles. The molecule has 9 heteroatoms. The smallest absolute Gasteiger partial charge is 0.315 e. The first-order chi connectivity index (χ1) is 19.0. The number of ether oxygens (including phenoxy) is 3. The predicted octanol–water partition coefficient (Wildman–Crippen LogP) is 5.50. The van der Waals surface area contributed by atoms with Crippen molar-refractivity contribution in [3.8, 4) is 0 Å². The minimum absolute atomic E-state index is 0.0648. The van der Waals surface area contributed by atoms with Gasteiger partial charge in [-0.15, -0.1) is 0 Å². The van der Waals surface area contributed by atoms with Gasteiger partial charge in [-0.2, -0.15) is 0 Å². The van der Waals surface area contributed by atoms with Gasteiger partial charge in [-0.1, -0.05) is 72.1 Å². The molecule has 40 heavy (non-hydrogen) atoms. The van der Waals surface area contributed by atoms with Crippen LogP contribution in [0.4, 0.5) is 4.79 Å². The van der Waals surface area contributed by atoms with Crippen LogP contribution in [-0.2, 0) is 23.8 Å². The van der Waals surface area contributed by atoms with E-state index >= 15 is 0 Å². The van der Waals surface area contributed by atoms with E-state index in [0.717, 1.165) is 64.2 Å². The summed E-state index contributed by atoms with van der Waals surface area (Å²) >= 11 is 0. The van der Waals surface area contributed by atoms with Crippen molar-refractivity contribution in [1.29, 1.82) is 0 Å². The van der Waals surface area contributed by atoms with Crippen molar-refractivity contribution < 1.29 is 28.6 Å². The first kappa shape index (κ1) is 32.6. The van der Waals surface area contributed by atoms with Gasteiger partial charge in [0.15, 0.2) is 5.79 Å². The number of unbranched alkanes of at least 4 members (excludes halogenated alkanes) is 4. The fourth-order valence-corrected chi connectivity index (χ4v) is 6.33. The maximum absolute atomic E-state index is 13.1. The number of carbonyl (C=O) groups excluding carboxylic acids is 3. The third-order valence-corrected chi connectivity index (χ3v) is 8.77. The zero-order chi connectivity index (χ0) is 29.2. The second-order valence-electron chi connectivity index (χ2n) is 13.4. The van der Waals surface area contributed by atoms with Gasteiger partial charge in [0.25, 0.3) is 0 Å². The summed E-state index contributed by atoms with van der Waals surface area (Å²) in [6.45, 7) is 10.2. The van der Waals surface area contributed by atoms with Crippen LogP contribution < -0.4 is 16.0 Å². The van der Waals surface area contributed by atoms with Gasteiger partial charge < -0.3 is 30.2 Å². The van der Waals surface area contributed by atoms with Gasteiger partial charge in [0.2, 0.25) is 5.91 Å². The number of hydrogen-bond acceptors (Lipinski definition) is 6. The van der Waals surface area contributed by atoms with E-state index in [2.05, 4.69) is 22.9 Å². The molecule has 1 saturated heterocycles. The molecular formula is C31H55N3O6. The molecule has 3 fully saturated rings. The molecule has 0 aromatic rings. The minimum Gasteiger partial charge on any atom is -0.460 e. The largest absolute Gasteiger partial charge is 0.460 e. The number of hydrogen-bond donors (Lipinski definition) is 3. The van der Waals surface area contributed by atoms with Gasteiger partial charge in [-0.3, -0.25) is 9.59 Å². The van der Waals surface area contributed by atoms with Crippen molar-refractivity contribution in [2.45, 2.75) is 161 Å². The Morgan fingerprint density at radius 2 is 1.62 bits per heavy atom. The summed E-state index contributed by atoms with van der Waals surface area (Å²) in [6.07, 6.45) is 14.1. The molecule has 1 aliphatic heterocycles. The summed E-state index contributed by atoms with van der Waals surface area (Å²) in [7, 11) is 0. The third kappa shape index (κ3) is 9.89. The highest BCUT2D eigenvalue weighted by Crippen LogP contribution is 2.35. The lowest BCUT2D eigenvalue weighted by Gasteiger charge is -2.44. The van der Waals surface area contributed by atoms with Crippen molar-refractivity contribution in [1.82, 2.24) is 16.0 Å². The molecule has 0 spiro atoms. The quantitative estimate of drug-likeness (QED) is 0.201. The first-order valence-electron chi connectivity index (χ1n) is 15.8. The van der Waals surface area contributed by atoms with Crippen LogP contribution in [0.25, 0.3) is 0 Å². The summed E-state index contributed by atoms with van der Waals surface area (Å²) in [5, 5.41) is 9.31. The van der Waals surface area contributed by atoms with Crippen LogP contribution in [-0.4, -0.2) is 60.6 Å². The van der Waals surface area contributed by atoms with Crippen LogP contribution in [0.5, 0.6) is 0 Å². The van der Waals surface area contributed by atoms with Gasteiger partial charge in [0.05, 0.1) is 19.1 Å². The fourth-order valence-electron chi connectivity index (χ4n) is 6.33. The second-order valence-corrected chi connectivity index (χ2v) is 13.4. The van der Waals surface area contributed by atoms with Crippen molar-refractivity contribution in [3.63, 3.8) is 0 Å². The van der Waals surface area contributed by atoms with Crippen LogP contribution >= 0.6 is 0 Å². The van der Waals surface area contributed by atoms with Crippen molar-refractivity contribution in [2.24, 2.45) is 5.41 Å². The standard InChI is InChI=1S/C31H55N3O6/c1-6-7-8-9-12-18-31(19-13-14-20-31)34-28(37)33-23-15-10-11-16-24(23)39-25(35)17-21-32-27(36)26-29(2,3)22-38-30(4,5)40-26/h23-24,26H,6-22H2,1-5H3,(H,32,36)(H2,33,34,37). The molecule has 3 amide bonds. The highest BCUT2D eigenvalue weighted by molar-refractivity contribution is 5.82. The Hall–Kier alpha value is -1.87. The highest BCUT2D eigenvalue weighted by Gasteiger charge is 2.45. The van der Waals surface area contributed by atoms with Crippen LogP contribution in [0.3, 0.4) is 0 Å². The number of rotatable bonds is 13. The normalized spacial score (nSPS) is 27.0. The van der Waals surface area contributed by atoms with Crippen molar-refractivity contribution >= 4 is 17.9 Å². The molecule has 230 valence electrons. The predicted molar refractivity (Wildman–Crippen MR) is 155 cm³/mol. The molecule has 0 bridgehead atoms. The molecule has 0 aromatic heterocycles. The monoisotopic (exact) mass is 565 g/mol. The number of nitrogens with one attached hydrogen (secondary N) is 3. The molecule has 3 aliphatic rings. The molecule has 9 nitrogen and oxygen atoms in total. The van der Waals surface area contributed by atoms with E-state index in [1.54, 1.807) is 13.8 Å². The summed E-state index contributed by atoms with van der Waals surface area (Å²) in [6, 6.07) is -0.341. The SMILES string of the molecule is CCCCCCCC1(NC(=O)NC2CCCCC2OC(=O)CCNC(=O)C2OC(C)(C)OCC2(C)C)CCCC1. The minimum atomic E-state index is -0.836. The zero-order valence-electron chi connectivity index (χ0n) is 25.7. The Bertz CT molecular complexity index is 839. The Labute approximate surface area is 241 Å². The molecule has 3 rings (SSSR count). The lowest BCUT2D eigenvalue weighted by molar-refractivity contribution is -0.304. The summed E-state index contributed by atoms with van der Waals surface area (Å²) in [5.74, 6) is -1.46. The van der Waals surface area contributed by atoms with Crippen LogP contribution in [0, 0.1) is 5.41 Å². The van der Waals surface area contributed by atoms with E-state index in [1.165, 1.54) is 25.7 Å². The number of esters is 1. The van der Waals surface area contributed by atoms with E-state index in [9.17, 15) is 14.4 Å². The average Bonchev–Trinajstić information content (AvgIpc) is 3.34. The van der Waals surface area contributed by atoms with Gasteiger partial charge in [-0.25, -0.2) is 4.79 Å². The van der Waals surface area contributed by atoms with Gasteiger partial charge in [-0.05, 0) is 52.4 Å². The number of amides is 3. The highest BCUT2D eigenvalue weighted by atomic mass is 16.7. The van der Waals surface area contributed by atoms with E-state index in [1.807, 2.05) is 13.8 Å². The van der Waals surface area contributed by atoms with E-state index < -0.39 is 17.3 Å². The molecule has 1 heterocycles. The zero-order valence-corrected chi connectivity index (χ0v) is 25.7. The Morgan fingerprint density at radius 3 is 2.35 bits per heavy atom. The summed E-state index contributed by atoms with van der Waals surface area (Å²) < 4.78 is 17.4. The summed E-state index contributed by atoms with van der Waals surface area (Å²) in [4.78, 5) is 38.6. The lowest BCUT2D eigenvalue weighted by atomic mass is 9.85. The van der Waals surface area contributed by atoms with Crippen molar-refractivity contribution in [2.75, 3.05) is 13.2 Å². The molecule has 3 unspecified atom stereocenters. The van der Waals surface area contributed by atoms with Gasteiger partial charge in [0.1, 0.15) is 12.2 Å². The first-order valence-corrected chi connectivity index (χ1v) is 15.8. The van der Waals surface area contributed by atoms with Crippen LogP contribution in [0.15, 0.2) is 0 Å². The Kier molecular flexibility index (Phi) is 12.1. The fraction of sp³-hybridized carbons (Fsp3) is 0.903. The lowest BCUT2D eigenvalue weighted by Crippen LogP contribution is -2.56. The average molecular weight is 566 g/mol. The van der Waals surface area contributed by atoms with Crippen molar-refractivity contribution in [3.05, 3.63) is 0 Å². The Balaban J connectivity index is 1.44. The van der Waals surface area contributed by atoms with Gasteiger partial charge in [0, 0.05) is 17.5 Å². The van der Waals surface area contributed by atoms with Crippen LogP contribution in [0.1, 0.15) is 131 Å². The third-order valence-electron chi connectivity index (χ3n) is 8.77. The molecule has 0 radical (unpaired) electrons. The van der Waals surface area contributed by atoms with Gasteiger partial charge >= 0.3 is 12.0 Å². The molecule has 3 atom stereocenters. The molecule has 3 N–H and O–H groups in total. The second kappa shape index (κ2) is 14.9. The maximum Gasteiger partial charge on any atom is 0.315 e. The van der Waals surface area contributed by atoms with E-state index in [0.29, 0.717) is 6.61 Å². The molecule has 2 saturated carbocycles. The molecule has 2 aliphatic carbocycles. The topological polar surface area (TPSA) is 115 Å².